The standard InChI is InChI=1S/C12H14N4O.ClH/c1-15(9-6-13-7-9)12(17)10-8-14-16-5-3-2-4-11(10)16;/h2-5,8-9,13H,6-7H2,1H3;1H. The van der Waals surface area contributed by atoms with E-state index in [1.807, 2.05) is 31.4 Å². The second-order valence-corrected chi connectivity index (χ2v) is 4.32. The van der Waals surface area contributed by atoms with E-state index < -0.39 is 0 Å². The van der Waals surface area contributed by atoms with E-state index >= 15 is 0 Å². The molecule has 96 valence electrons. The lowest BCUT2D eigenvalue weighted by molar-refractivity contribution is 0.0683. The van der Waals surface area contributed by atoms with E-state index in [9.17, 15) is 4.79 Å². The molecule has 18 heavy (non-hydrogen) atoms. The largest absolute Gasteiger partial charge is 0.336 e. The molecule has 6 heteroatoms. The Morgan fingerprint density at radius 1 is 1.50 bits per heavy atom. The summed E-state index contributed by atoms with van der Waals surface area (Å²) in [5.74, 6) is 0.0395. The molecule has 1 saturated heterocycles. The molecule has 3 heterocycles. The number of hydrogen-bond donors (Lipinski definition) is 1. The predicted octanol–water partition coefficient (Wildman–Crippen LogP) is 0.800. The van der Waals surface area contributed by atoms with Crippen molar-refractivity contribution in [3.63, 3.8) is 0 Å². The van der Waals surface area contributed by atoms with Gasteiger partial charge >= 0.3 is 0 Å². The zero-order valence-electron chi connectivity index (χ0n) is 10.0. The summed E-state index contributed by atoms with van der Waals surface area (Å²) in [6, 6.07) is 6.03. The van der Waals surface area contributed by atoms with Crippen LogP contribution in [0.3, 0.4) is 0 Å². The summed E-state index contributed by atoms with van der Waals surface area (Å²) in [5, 5.41) is 7.34. The number of halogens is 1. The molecular formula is C12H15ClN4O. The summed E-state index contributed by atoms with van der Waals surface area (Å²) >= 11 is 0. The Bertz CT molecular complexity index is 564. The van der Waals surface area contributed by atoms with Crippen molar-refractivity contribution < 1.29 is 4.79 Å². The molecule has 1 N–H and O–H groups in total. The van der Waals surface area contributed by atoms with Crippen molar-refractivity contribution in [1.82, 2.24) is 19.8 Å². The molecular weight excluding hydrogens is 252 g/mol. The minimum Gasteiger partial charge on any atom is -0.336 e. The summed E-state index contributed by atoms with van der Waals surface area (Å²) in [6.07, 6.45) is 3.48. The number of amides is 1. The third-order valence-corrected chi connectivity index (χ3v) is 3.28. The Morgan fingerprint density at radius 2 is 2.28 bits per heavy atom. The highest BCUT2D eigenvalue weighted by atomic mass is 35.5. The molecule has 0 saturated carbocycles. The lowest BCUT2D eigenvalue weighted by atomic mass is 10.1. The summed E-state index contributed by atoms with van der Waals surface area (Å²) in [5.41, 5.74) is 1.52. The third-order valence-electron chi connectivity index (χ3n) is 3.28. The van der Waals surface area contributed by atoms with Gasteiger partial charge in [-0.25, -0.2) is 4.52 Å². The number of likely N-dealkylation sites (N-methyl/N-ethyl adjacent to an activating group) is 1. The van der Waals surface area contributed by atoms with E-state index in [4.69, 9.17) is 0 Å². The van der Waals surface area contributed by atoms with Crippen LogP contribution in [0.5, 0.6) is 0 Å². The summed E-state index contributed by atoms with van der Waals surface area (Å²) < 4.78 is 1.72. The van der Waals surface area contributed by atoms with Crippen molar-refractivity contribution in [2.75, 3.05) is 20.1 Å². The third kappa shape index (κ3) is 1.95. The molecule has 0 unspecified atom stereocenters. The minimum absolute atomic E-state index is 0. The molecule has 0 spiro atoms. The van der Waals surface area contributed by atoms with Gasteiger partial charge in [-0.3, -0.25) is 4.79 Å². The number of aromatic nitrogens is 2. The van der Waals surface area contributed by atoms with Gasteiger partial charge in [0.25, 0.3) is 5.91 Å². The molecule has 1 amide bonds. The van der Waals surface area contributed by atoms with E-state index in [2.05, 4.69) is 10.4 Å². The predicted molar refractivity (Wildman–Crippen MR) is 71.2 cm³/mol. The average molecular weight is 267 g/mol. The Hall–Kier alpha value is -1.59. The maximum absolute atomic E-state index is 12.3. The lowest BCUT2D eigenvalue weighted by Gasteiger charge is -2.35. The topological polar surface area (TPSA) is 49.6 Å². The van der Waals surface area contributed by atoms with Gasteiger partial charge in [0.2, 0.25) is 0 Å². The van der Waals surface area contributed by atoms with Gasteiger partial charge in [-0.05, 0) is 12.1 Å². The van der Waals surface area contributed by atoms with Crippen molar-refractivity contribution in [3.05, 3.63) is 36.2 Å². The first-order chi connectivity index (χ1) is 8.27. The van der Waals surface area contributed by atoms with Crippen LogP contribution in [0.15, 0.2) is 30.6 Å². The van der Waals surface area contributed by atoms with Crippen LogP contribution in [0.1, 0.15) is 10.4 Å². The number of nitrogens with one attached hydrogen (secondary N) is 1. The Morgan fingerprint density at radius 3 is 2.94 bits per heavy atom. The van der Waals surface area contributed by atoms with Crippen molar-refractivity contribution in [3.8, 4) is 0 Å². The number of carbonyl (C=O) groups excluding carboxylic acids is 1. The highest BCUT2D eigenvalue weighted by Gasteiger charge is 2.27. The smallest absolute Gasteiger partial charge is 0.257 e. The van der Waals surface area contributed by atoms with Gasteiger partial charge in [-0.2, -0.15) is 5.10 Å². The van der Waals surface area contributed by atoms with E-state index in [0.29, 0.717) is 11.6 Å². The van der Waals surface area contributed by atoms with E-state index in [0.717, 1.165) is 18.6 Å². The van der Waals surface area contributed by atoms with Crippen LogP contribution in [-0.2, 0) is 0 Å². The van der Waals surface area contributed by atoms with Crippen LogP contribution in [0.4, 0.5) is 0 Å². The highest BCUT2D eigenvalue weighted by Crippen LogP contribution is 2.14. The van der Waals surface area contributed by atoms with Gasteiger partial charge in [0.1, 0.15) is 0 Å². The van der Waals surface area contributed by atoms with Gasteiger partial charge in [-0.1, -0.05) is 6.07 Å². The molecule has 2 aromatic rings. The van der Waals surface area contributed by atoms with Gasteiger partial charge in [0.05, 0.1) is 23.3 Å². The van der Waals surface area contributed by atoms with Crippen molar-refractivity contribution >= 4 is 23.8 Å². The number of pyridine rings is 1. The quantitative estimate of drug-likeness (QED) is 0.875. The number of hydrogen-bond acceptors (Lipinski definition) is 3. The maximum Gasteiger partial charge on any atom is 0.257 e. The Labute approximate surface area is 111 Å². The second kappa shape index (κ2) is 4.96. The molecule has 1 aliphatic rings. The number of fused-ring (bicyclic) bond motifs is 1. The number of rotatable bonds is 2. The summed E-state index contributed by atoms with van der Waals surface area (Å²) in [4.78, 5) is 14.1. The molecule has 0 aliphatic carbocycles. The van der Waals surface area contributed by atoms with Crippen molar-refractivity contribution in [1.29, 1.82) is 0 Å². The van der Waals surface area contributed by atoms with Crippen molar-refractivity contribution in [2.24, 2.45) is 0 Å². The van der Waals surface area contributed by atoms with Crippen LogP contribution in [0.2, 0.25) is 0 Å². The van der Waals surface area contributed by atoms with Gasteiger partial charge in [0.15, 0.2) is 0 Å². The molecule has 2 aromatic heterocycles. The van der Waals surface area contributed by atoms with Crippen LogP contribution in [0, 0.1) is 0 Å². The van der Waals surface area contributed by atoms with Crippen LogP contribution in [-0.4, -0.2) is 46.6 Å². The molecule has 5 nitrogen and oxygen atoms in total. The zero-order valence-corrected chi connectivity index (χ0v) is 10.9. The molecule has 3 rings (SSSR count). The van der Waals surface area contributed by atoms with Crippen molar-refractivity contribution in [2.45, 2.75) is 6.04 Å². The van der Waals surface area contributed by atoms with E-state index in [1.165, 1.54) is 0 Å². The first-order valence-corrected chi connectivity index (χ1v) is 5.67. The molecule has 1 aliphatic heterocycles. The monoisotopic (exact) mass is 266 g/mol. The SMILES string of the molecule is CN(C(=O)c1cnn2ccccc12)C1CNC1.Cl. The van der Waals surface area contributed by atoms with E-state index in [-0.39, 0.29) is 18.3 Å². The maximum atomic E-state index is 12.3. The molecule has 1 fully saturated rings. The van der Waals surface area contributed by atoms with Gasteiger partial charge in [0, 0.05) is 26.3 Å². The van der Waals surface area contributed by atoms with Crippen LogP contribution >= 0.6 is 12.4 Å². The lowest BCUT2D eigenvalue weighted by Crippen LogP contribution is -2.57. The normalized spacial score (nSPS) is 14.9. The first kappa shape index (κ1) is 12.9. The van der Waals surface area contributed by atoms with Gasteiger partial charge < -0.3 is 10.2 Å². The fraction of sp³-hybridized carbons (Fsp3) is 0.333. The fourth-order valence-corrected chi connectivity index (χ4v) is 2.00. The fourth-order valence-electron chi connectivity index (χ4n) is 2.00. The average Bonchev–Trinajstić information content (AvgIpc) is 2.69. The zero-order chi connectivity index (χ0) is 11.8. The molecule has 0 bridgehead atoms. The summed E-state index contributed by atoms with van der Waals surface area (Å²) in [6.45, 7) is 1.75. The van der Waals surface area contributed by atoms with Crippen LogP contribution < -0.4 is 5.32 Å². The molecule has 0 aromatic carbocycles. The highest BCUT2D eigenvalue weighted by molar-refractivity contribution is 6.00. The molecule has 0 radical (unpaired) electrons. The first-order valence-electron chi connectivity index (χ1n) is 5.67. The minimum atomic E-state index is 0. The van der Waals surface area contributed by atoms with Crippen LogP contribution in [0.25, 0.3) is 5.52 Å². The van der Waals surface area contributed by atoms with E-state index in [1.54, 1.807) is 15.6 Å². The Kier molecular flexibility index (Phi) is 3.54. The molecule has 0 atom stereocenters. The number of nitrogens with zero attached hydrogens (tertiary/aromatic N) is 3. The Balaban J connectivity index is 0.00000120. The second-order valence-electron chi connectivity index (χ2n) is 4.32. The van der Waals surface area contributed by atoms with Gasteiger partial charge in [-0.15, -0.1) is 12.4 Å². The number of carbonyl (C=O) groups is 1. The summed E-state index contributed by atoms with van der Waals surface area (Å²) in [7, 11) is 1.85.